The predicted molar refractivity (Wildman–Crippen MR) is 126 cm³/mol. The number of ether oxygens (including phenoxy) is 1. The second kappa shape index (κ2) is 9.32. The van der Waals surface area contributed by atoms with E-state index in [1.807, 2.05) is 72.8 Å². The third-order valence-electron chi connectivity index (χ3n) is 4.66. The molecule has 0 atom stereocenters. The van der Waals surface area contributed by atoms with Gasteiger partial charge >= 0.3 is 0 Å². The van der Waals surface area contributed by atoms with Crippen LogP contribution in [0.25, 0.3) is 10.2 Å². The summed E-state index contributed by atoms with van der Waals surface area (Å²) in [5.41, 5.74) is 2.59. The summed E-state index contributed by atoms with van der Waals surface area (Å²) < 4.78 is 6.35. The highest BCUT2D eigenvalue weighted by Crippen LogP contribution is 2.34. The van der Waals surface area contributed by atoms with Crippen LogP contribution in [0.1, 0.15) is 22.8 Å². The zero-order valence-corrected chi connectivity index (χ0v) is 18.5. The van der Waals surface area contributed by atoms with Crippen LogP contribution in [0.15, 0.2) is 77.7 Å². The van der Waals surface area contributed by atoms with Gasteiger partial charge in [-0.25, -0.2) is 4.98 Å². The van der Waals surface area contributed by atoms with E-state index < -0.39 is 0 Å². The van der Waals surface area contributed by atoms with Gasteiger partial charge in [-0.1, -0.05) is 60.7 Å². The summed E-state index contributed by atoms with van der Waals surface area (Å²) >= 11 is 3.20. The number of thiazole rings is 1. The molecule has 0 fully saturated rings. The highest BCUT2D eigenvalue weighted by molar-refractivity contribution is 7.99. The van der Waals surface area contributed by atoms with Crippen molar-refractivity contribution in [3.8, 4) is 5.75 Å². The van der Waals surface area contributed by atoms with Crippen molar-refractivity contribution in [1.29, 1.82) is 0 Å². The number of hydrogen-bond acceptors (Lipinski definition) is 5. The quantitative estimate of drug-likeness (QED) is 0.322. The monoisotopic (exact) mass is 434 g/mol. The van der Waals surface area contributed by atoms with E-state index in [9.17, 15) is 4.79 Å². The summed E-state index contributed by atoms with van der Waals surface area (Å²) in [6.07, 6.45) is 0. The molecular weight excluding hydrogens is 412 g/mol. The Morgan fingerprint density at radius 1 is 1.07 bits per heavy atom. The Balaban J connectivity index is 1.78. The van der Waals surface area contributed by atoms with E-state index in [0.717, 1.165) is 32.2 Å². The Morgan fingerprint density at radius 3 is 2.60 bits per heavy atom. The maximum atomic E-state index is 13.7. The minimum atomic E-state index is -0.0403. The first kappa shape index (κ1) is 20.4. The number of rotatable bonds is 7. The first-order valence-electron chi connectivity index (χ1n) is 9.71. The fourth-order valence-electron chi connectivity index (χ4n) is 3.20. The molecule has 0 spiro atoms. The normalized spacial score (nSPS) is 10.9. The van der Waals surface area contributed by atoms with Gasteiger partial charge in [-0.15, -0.1) is 11.8 Å². The molecule has 0 bridgehead atoms. The summed E-state index contributed by atoms with van der Waals surface area (Å²) in [7, 11) is 1.64. The van der Waals surface area contributed by atoms with Gasteiger partial charge in [-0.3, -0.25) is 9.69 Å². The van der Waals surface area contributed by atoms with Gasteiger partial charge in [-0.2, -0.15) is 0 Å². The van der Waals surface area contributed by atoms with E-state index in [1.165, 1.54) is 11.3 Å². The van der Waals surface area contributed by atoms with Crippen LogP contribution in [0, 0.1) is 0 Å². The van der Waals surface area contributed by atoms with E-state index in [0.29, 0.717) is 17.2 Å². The minimum Gasteiger partial charge on any atom is -0.497 e. The van der Waals surface area contributed by atoms with Crippen LogP contribution in [0.3, 0.4) is 0 Å². The van der Waals surface area contributed by atoms with Gasteiger partial charge in [0.25, 0.3) is 5.91 Å². The second-order valence-corrected chi connectivity index (χ2v) is 8.95. The second-order valence-electron chi connectivity index (χ2n) is 6.64. The van der Waals surface area contributed by atoms with Crippen molar-refractivity contribution in [2.24, 2.45) is 0 Å². The van der Waals surface area contributed by atoms with Gasteiger partial charge in [0.1, 0.15) is 5.75 Å². The zero-order valence-electron chi connectivity index (χ0n) is 16.9. The van der Waals surface area contributed by atoms with Gasteiger partial charge in [0, 0.05) is 11.0 Å². The molecule has 0 aliphatic heterocycles. The Kier molecular flexibility index (Phi) is 6.35. The fraction of sp³-hybridized carbons (Fsp3) is 0.167. The standard InChI is InChI=1S/C24H22N2O2S2/c1-3-29-21-12-8-7-11-19(21)23(27)26(16-17-9-5-4-6-10-17)24-25-20-15-18(28-2)13-14-22(20)30-24/h4-15H,3,16H2,1-2H3. The summed E-state index contributed by atoms with van der Waals surface area (Å²) in [5, 5.41) is 0.684. The van der Waals surface area contributed by atoms with Gasteiger partial charge in [0.2, 0.25) is 0 Å². The SMILES string of the molecule is CCSc1ccccc1C(=O)N(Cc1ccccc1)c1nc2cc(OC)ccc2s1. The number of fused-ring (bicyclic) bond motifs is 1. The molecule has 0 saturated heterocycles. The van der Waals surface area contributed by atoms with Gasteiger partial charge in [-0.05, 0) is 35.6 Å². The number of amides is 1. The van der Waals surface area contributed by atoms with Crippen LogP contribution in [-0.2, 0) is 6.54 Å². The van der Waals surface area contributed by atoms with Gasteiger partial charge in [0.05, 0.1) is 29.4 Å². The maximum absolute atomic E-state index is 13.7. The number of benzene rings is 3. The number of nitrogens with zero attached hydrogens (tertiary/aromatic N) is 2. The smallest absolute Gasteiger partial charge is 0.261 e. The molecule has 30 heavy (non-hydrogen) atoms. The fourth-order valence-corrected chi connectivity index (χ4v) is 4.94. The number of carbonyl (C=O) groups is 1. The lowest BCUT2D eigenvalue weighted by Crippen LogP contribution is -2.30. The summed E-state index contributed by atoms with van der Waals surface area (Å²) in [6, 6.07) is 23.6. The van der Waals surface area contributed by atoms with E-state index in [4.69, 9.17) is 9.72 Å². The first-order valence-corrected chi connectivity index (χ1v) is 11.5. The van der Waals surface area contributed by atoms with Crippen LogP contribution in [0.5, 0.6) is 5.75 Å². The Labute approximate surface area is 184 Å². The van der Waals surface area contributed by atoms with Crippen molar-refractivity contribution in [3.63, 3.8) is 0 Å². The maximum Gasteiger partial charge on any atom is 0.261 e. The molecule has 4 rings (SSSR count). The van der Waals surface area contributed by atoms with Crippen LogP contribution in [0.4, 0.5) is 5.13 Å². The zero-order chi connectivity index (χ0) is 20.9. The van der Waals surface area contributed by atoms with Crippen molar-refractivity contribution >= 4 is 44.4 Å². The predicted octanol–water partition coefficient (Wildman–Crippen LogP) is 6.26. The minimum absolute atomic E-state index is 0.0403. The number of thioether (sulfide) groups is 1. The topological polar surface area (TPSA) is 42.4 Å². The number of hydrogen-bond donors (Lipinski definition) is 0. The molecule has 0 N–H and O–H groups in total. The summed E-state index contributed by atoms with van der Waals surface area (Å²) in [5.74, 6) is 1.62. The Morgan fingerprint density at radius 2 is 1.83 bits per heavy atom. The molecule has 0 aliphatic carbocycles. The molecule has 0 saturated carbocycles. The lowest BCUT2D eigenvalue weighted by molar-refractivity contribution is 0.0982. The Hall–Kier alpha value is -2.83. The molecule has 0 aliphatic rings. The largest absolute Gasteiger partial charge is 0.497 e. The van der Waals surface area contributed by atoms with Crippen LogP contribution in [-0.4, -0.2) is 23.8 Å². The van der Waals surface area contributed by atoms with Crippen molar-refractivity contribution < 1.29 is 9.53 Å². The van der Waals surface area contributed by atoms with Crippen LogP contribution < -0.4 is 9.64 Å². The highest BCUT2D eigenvalue weighted by atomic mass is 32.2. The molecule has 1 aromatic heterocycles. The lowest BCUT2D eigenvalue weighted by Gasteiger charge is -2.21. The number of aromatic nitrogens is 1. The molecular formula is C24H22N2O2S2. The van der Waals surface area contributed by atoms with Crippen molar-refractivity contribution in [3.05, 3.63) is 83.9 Å². The van der Waals surface area contributed by atoms with Gasteiger partial charge < -0.3 is 4.74 Å². The summed E-state index contributed by atoms with van der Waals surface area (Å²) in [4.78, 5) is 21.2. The van der Waals surface area contributed by atoms with E-state index in [-0.39, 0.29) is 5.91 Å². The third-order valence-corrected chi connectivity index (χ3v) is 6.68. The van der Waals surface area contributed by atoms with Crippen LogP contribution >= 0.6 is 23.1 Å². The third kappa shape index (κ3) is 4.35. The van der Waals surface area contributed by atoms with Gasteiger partial charge in [0.15, 0.2) is 5.13 Å². The van der Waals surface area contributed by atoms with E-state index in [2.05, 4.69) is 6.92 Å². The molecule has 4 nitrogen and oxygen atoms in total. The van der Waals surface area contributed by atoms with Crippen molar-refractivity contribution in [2.75, 3.05) is 17.8 Å². The molecule has 0 radical (unpaired) electrons. The van der Waals surface area contributed by atoms with Crippen molar-refractivity contribution in [2.45, 2.75) is 18.4 Å². The molecule has 152 valence electrons. The Bertz CT molecular complexity index is 1160. The van der Waals surface area contributed by atoms with E-state index >= 15 is 0 Å². The molecule has 6 heteroatoms. The average Bonchev–Trinajstić information content (AvgIpc) is 3.21. The molecule has 1 heterocycles. The highest BCUT2D eigenvalue weighted by Gasteiger charge is 2.24. The average molecular weight is 435 g/mol. The lowest BCUT2D eigenvalue weighted by atomic mass is 10.1. The molecule has 1 amide bonds. The number of carbonyl (C=O) groups excluding carboxylic acids is 1. The van der Waals surface area contributed by atoms with Crippen molar-refractivity contribution in [1.82, 2.24) is 4.98 Å². The van der Waals surface area contributed by atoms with Crippen LogP contribution in [0.2, 0.25) is 0 Å². The summed E-state index contributed by atoms with van der Waals surface area (Å²) in [6.45, 7) is 2.55. The number of anilines is 1. The molecule has 3 aromatic carbocycles. The molecule has 0 unspecified atom stereocenters. The first-order chi connectivity index (χ1) is 14.7. The molecule has 4 aromatic rings. The van der Waals surface area contributed by atoms with E-state index in [1.54, 1.807) is 23.8 Å². The number of methoxy groups -OCH3 is 1.